The van der Waals surface area contributed by atoms with E-state index in [4.69, 9.17) is 0 Å². The first kappa shape index (κ1) is 11.4. The van der Waals surface area contributed by atoms with Gasteiger partial charge in [0.2, 0.25) is 0 Å². The number of aryl methyl sites for hydroxylation is 1. The summed E-state index contributed by atoms with van der Waals surface area (Å²) in [6.45, 7) is 1.49. The summed E-state index contributed by atoms with van der Waals surface area (Å²) >= 11 is 0. The highest BCUT2D eigenvalue weighted by molar-refractivity contribution is 5.78. The van der Waals surface area contributed by atoms with Gasteiger partial charge in [0.1, 0.15) is 11.6 Å². The van der Waals surface area contributed by atoms with E-state index in [1.54, 1.807) is 0 Å². The van der Waals surface area contributed by atoms with Crippen LogP contribution in [0.1, 0.15) is 15.9 Å². The minimum atomic E-state index is -0.534. The third kappa shape index (κ3) is 2.20. The lowest BCUT2D eigenvalue weighted by atomic mass is 10.0. The van der Waals surface area contributed by atoms with Crippen LogP contribution in [0.25, 0.3) is 11.1 Å². The molecule has 0 saturated carbocycles. The second kappa shape index (κ2) is 4.41. The lowest BCUT2D eigenvalue weighted by molar-refractivity contribution is 0.112. The van der Waals surface area contributed by atoms with Crippen molar-refractivity contribution in [1.82, 2.24) is 4.98 Å². The minimum Gasteiger partial charge on any atom is -0.298 e. The maximum atomic E-state index is 13.7. The summed E-state index contributed by atoms with van der Waals surface area (Å²) in [4.78, 5) is 14.4. The van der Waals surface area contributed by atoms with E-state index >= 15 is 0 Å². The van der Waals surface area contributed by atoms with Crippen molar-refractivity contribution in [3.63, 3.8) is 0 Å². The Morgan fingerprint density at radius 2 is 1.88 bits per heavy atom. The van der Waals surface area contributed by atoms with Gasteiger partial charge in [0.25, 0.3) is 0 Å². The van der Waals surface area contributed by atoms with Crippen molar-refractivity contribution < 1.29 is 13.6 Å². The number of carbonyl (C=O) groups is 1. The van der Waals surface area contributed by atoms with Crippen molar-refractivity contribution in [2.45, 2.75) is 6.92 Å². The Morgan fingerprint density at radius 1 is 1.12 bits per heavy atom. The Morgan fingerprint density at radius 3 is 2.59 bits per heavy atom. The van der Waals surface area contributed by atoms with Crippen molar-refractivity contribution in [1.29, 1.82) is 0 Å². The third-order valence-corrected chi connectivity index (χ3v) is 2.45. The van der Waals surface area contributed by atoms with Gasteiger partial charge in [-0.1, -0.05) is 0 Å². The summed E-state index contributed by atoms with van der Waals surface area (Å²) in [5.41, 5.74) is 1.05. The van der Waals surface area contributed by atoms with E-state index in [0.717, 1.165) is 12.1 Å². The molecule has 0 aliphatic heterocycles. The van der Waals surface area contributed by atoms with Crippen LogP contribution in [0.4, 0.5) is 8.78 Å². The van der Waals surface area contributed by atoms with Crippen molar-refractivity contribution >= 4 is 6.29 Å². The van der Waals surface area contributed by atoms with Crippen molar-refractivity contribution in [3.05, 3.63) is 53.4 Å². The summed E-state index contributed by atoms with van der Waals surface area (Å²) in [7, 11) is 0. The average molecular weight is 233 g/mol. The van der Waals surface area contributed by atoms with Crippen LogP contribution >= 0.6 is 0 Å². The van der Waals surface area contributed by atoms with Crippen molar-refractivity contribution in [2.24, 2.45) is 0 Å². The molecule has 0 saturated heterocycles. The molecule has 1 heterocycles. The first-order chi connectivity index (χ1) is 8.11. The van der Waals surface area contributed by atoms with Gasteiger partial charge in [-0.3, -0.25) is 9.78 Å². The molecule has 17 heavy (non-hydrogen) atoms. The number of hydrogen-bond donors (Lipinski definition) is 0. The van der Waals surface area contributed by atoms with E-state index in [1.807, 2.05) is 0 Å². The molecule has 2 rings (SSSR count). The van der Waals surface area contributed by atoms with Gasteiger partial charge in [-0.25, -0.2) is 8.78 Å². The molecule has 0 amide bonds. The molecule has 2 nitrogen and oxygen atoms in total. The zero-order valence-corrected chi connectivity index (χ0v) is 9.08. The molecule has 0 unspecified atom stereocenters. The Hall–Kier alpha value is -2.10. The van der Waals surface area contributed by atoms with Crippen LogP contribution < -0.4 is 0 Å². The van der Waals surface area contributed by atoms with Gasteiger partial charge in [-0.15, -0.1) is 0 Å². The third-order valence-electron chi connectivity index (χ3n) is 2.45. The number of carbonyl (C=O) groups excluding carboxylic acids is 1. The van der Waals surface area contributed by atoms with Crippen LogP contribution in [-0.4, -0.2) is 11.3 Å². The molecule has 1 aromatic carbocycles. The first-order valence-electron chi connectivity index (χ1n) is 4.98. The van der Waals surface area contributed by atoms with E-state index in [0.29, 0.717) is 17.4 Å². The Labute approximate surface area is 96.9 Å². The summed E-state index contributed by atoms with van der Waals surface area (Å²) in [5, 5.41) is 0. The van der Waals surface area contributed by atoms with E-state index in [1.165, 1.54) is 25.4 Å². The highest BCUT2D eigenvalue weighted by Gasteiger charge is 2.10. The summed E-state index contributed by atoms with van der Waals surface area (Å²) in [6, 6.07) is 3.70. The SMILES string of the molecule is Cc1cc(F)c(-c2cncc(C=O)c2)cc1F. The average Bonchev–Trinajstić information content (AvgIpc) is 2.34. The van der Waals surface area contributed by atoms with Crippen LogP contribution in [0.15, 0.2) is 30.6 Å². The van der Waals surface area contributed by atoms with Gasteiger partial charge in [-0.2, -0.15) is 0 Å². The minimum absolute atomic E-state index is 0.101. The summed E-state index contributed by atoms with van der Waals surface area (Å²) < 4.78 is 27.0. The fourth-order valence-electron chi connectivity index (χ4n) is 1.54. The number of hydrogen-bond acceptors (Lipinski definition) is 2. The topological polar surface area (TPSA) is 30.0 Å². The van der Waals surface area contributed by atoms with Gasteiger partial charge in [0.15, 0.2) is 6.29 Å². The van der Waals surface area contributed by atoms with Crippen LogP contribution in [0.5, 0.6) is 0 Å². The number of nitrogens with zero attached hydrogens (tertiary/aromatic N) is 1. The number of rotatable bonds is 2. The van der Waals surface area contributed by atoms with E-state index in [2.05, 4.69) is 4.98 Å². The van der Waals surface area contributed by atoms with Crippen LogP contribution in [0.2, 0.25) is 0 Å². The van der Waals surface area contributed by atoms with E-state index in [9.17, 15) is 13.6 Å². The number of benzene rings is 1. The van der Waals surface area contributed by atoms with E-state index < -0.39 is 11.6 Å². The number of aldehydes is 1. The molecule has 0 radical (unpaired) electrons. The lowest BCUT2D eigenvalue weighted by Gasteiger charge is -2.05. The van der Waals surface area contributed by atoms with Gasteiger partial charge < -0.3 is 0 Å². The predicted molar refractivity (Wildman–Crippen MR) is 59.7 cm³/mol. The molecule has 0 atom stereocenters. The molecule has 1 aromatic heterocycles. The molecule has 4 heteroatoms. The standard InChI is InChI=1S/C13H9F2NO/c1-8-2-13(15)11(4-12(8)14)10-3-9(7-17)5-16-6-10/h2-7H,1H3. The first-order valence-corrected chi connectivity index (χ1v) is 4.98. The van der Waals surface area contributed by atoms with Crippen molar-refractivity contribution in [2.75, 3.05) is 0 Å². The predicted octanol–water partition coefficient (Wildman–Crippen LogP) is 3.15. The van der Waals surface area contributed by atoms with Crippen molar-refractivity contribution in [3.8, 4) is 11.1 Å². The molecule has 0 aliphatic rings. The van der Waals surface area contributed by atoms with Crippen LogP contribution in [0, 0.1) is 18.6 Å². The second-order valence-corrected chi connectivity index (χ2v) is 3.71. The Bertz CT molecular complexity index is 582. The Kier molecular flexibility index (Phi) is 2.95. The number of aromatic nitrogens is 1. The maximum Gasteiger partial charge on any atom is 0.151 e. The summed E-state index contributed by atoms with van der Waals surface area (Å²) in [6.07, 6.45) is 3.36. The van der Waals surface area contributed by atoms with Gasteiger partial charge in [0, 0.05) is 29.1 Å². The molecule has 0 spiro atoms. The Balaban J connectivity index is 2.59. The molecule has 0 bridgehead atoms. The highest BCUT2D eigenvalue weighted by Crippen LogP contribution is 2.25. The van der Waals surface area contributed by atoms with Gasteiger partial charge in [-0.05, 0) is 30.7 Å². The quantitative estimate of drug-likeness (QED) is 0.746. The van der Waals surface area contributed by atoms with Gasteiger partial charge >= 0.3 is 0 Å². The maximum absolute atomic E-state index is 13.7. The monoisotopic (exact) mass is 233 g/mol. The zero-order chi connectivity index (χ0) is 12.4. The normalized spacial score (nSPS) is 10.3. The molecule has 0 N–H and O–H groups in total. The number of halogens is 2. The van der Waals surface area contributed by atoms with Crippen LogP contribution in [-0.2, 0) is 0 Å². The molecule has 0 fully saturated rings. The number of pyridine rings is 1. The largest absolute Gasteiger partial charge is 0.298 e. The summed E-state index contributed by atoms with van der Waals surface area (Å²) in [5.74, 6) is -1.02. The molecule has 2 aromatic rings. The molecular weight excluding hydrogens is 224 g/mol. The molecule has 86 valence electrons. The zero-order valence-electron chi connectivity index (χ0n) is 9.08. The van der Waals surface area contributed by atoms with Crippen LogP contribution in [0.3, 0.4) is 0 Å². The van der Waals surface area contributed by atoms with Gasteiger partial charge in [0.05, 0.1) is 0 Å². The second-order valence-electron chi connectivity index (χ2n) is 3.71. The smallest absolute Gasteiger partial charge is 0.151 e. The van der Waals surface area contributed by atoms with E-state index in [-0.39, 0.29) is 11.1 Å². The highest BCUT2D eigenvalue weighted by atomic mass is 19.1. The lowest BCUT2D eigenvalue weighted by Crippen LogP contribution is -1.92. The fourth-order valence-corrected chi connectivity index (χ4v) is 1.54. The molecule has 0 aliphatic carbocycles. The fraction of sp³-hybridized carbons (Fsp3) is 0.0769. The molecular formula is C13H9F2NO.